The van der Waals surface area contributed by atoms with E-state index in [1.54, 1.807) is 13.8 Å². The number of carbonyl (C=O) groups is 1. The molecule has 30 heavy (non-hydrogen) atoms. The fraction of sp³-hybridized carbons (Fsp3) is 0.455. The normalized spacial score (nSPS) is 18.0. The Bertz CT molecular complexity index is 1000. The van der Waals surface area contributed by atoms with Crippen molar-refractivity contribution in [1.29, 1.82) is 5.26 Å². The molecule has 4 rings (SSSR count). The third kappa shape index (κ3) is 4.21. The molecule has 0 bridgehead atoms. The molecule has 1 unspecified atom stereocenters. The van der Waals surface area contributed by atoms with Crippen LogP contribution in [0.15, 0.2) is 23.2 Å². The predicted molar refractivity (Wildman–Crippen MR) is 113 cm³/mol. The van der Waals surface area contributed by atoms with Crippen molar-refractivity contribution < 1.29 is 14.3 Å². The van der Waals surface area contributed by atoms with Gasteiger partial charge in [0.2, 0.25) is 5.91 Å². The van der Waals surface area contributed by atoms with Gasteiger partial charge < -0.3 is 14.4 Å². The Hall–Kier alpha value is -2.79. The van der Waals surface area contributed by atoms with Crippen molar-refractivity contribution >= 4 is 17.7 Å². The molecule has 0 aliphatic carbocycles. The summed E-state index contributed by atoms with van der Waals surface area (Å²) in [6, 6.07) is 8.16. The first-order chi connectivity index (χ1) is 14.6. The van der Waals surface area contributed by atoms with E-state index in [0.717, 1.165) is 42.9 Å². The zero-order valence-electron chi connectivity index (χ0n) is 17.2. The van der Waals surface area contributed by atoms with Gasteiger partial charge >= 0.3 is 0 Å². The summed E-state index contributed by atoms with van der Waals surface area (Å²) in [5.74, 6) is 2.41. The summed E-state index contributed by atoms with van der Waals surface area (Å²) in [6.45, 7) is 5.61. The number of ether oxygens (including phenoxy) is 2. The smallest absolute Gasteiger partial charge is 0.233 e. The number of likely N-dealkylation sites (tertiary alicyclic amines) is 1. The van der Waals surface area contributed by atoms with Crippen LogP contribution >= 0.6 is 11.8 Å². The summed E-state index contributed by atoms with van der Waals surface area (Å²) >= 11 is 1.31. The Morgan fingerprint density at radius 2 is 2.03 bits per heavy atom. The number of hydrogen-bond donors (Lipinski definition) is 0. The van der Waals surface area contributed by atoms with Crippen LogP contribution in [-0.2, 0) is 4.79 Å². The van der Waals surface area contributed by atoms with Crippen molar-refractivity contribution in [3.05, 3.63) is 40.8 Å². The third-order valence-corrected chi connectivity index (χ3v) is 6.30. The van der Waals surface area contributed by atoms with Crippen LogP contribution in [0.1, 0.15) is 47.9 Å². The molecule has 7 nitrogen and oxygen atoms in total. The SMILES string of the molecule is Cc1nc(C)c(C#N)c(SCC(=O)N2CCCC2c2ccc3c(c2)OCCCO3)n1. The maximum atomic E-state index is 13.0. The van der Waals surface area contributed by atoms with Gasteiger partial charge in [-0.25, -0.2) is 9.97 Å². The van der Waals surface area contributed by atoms with Gasteiger partial charge in [-0.05, 0) is 44.4 Å². The van der Waals surface area contributed by atoms with Crippen LogP contribution in [0.3, 0.4) is 0 Å². The molecule has 1 aromatic carbocycles. The number of aryl methyl sites for hydroxylation is 2. The molecule has 0 N–H and O–H groups in total. The average Bonchev–Trinajstić information content (AvgIpc) is 3.10. The van der Waals surface area contributed by atoms with Gasteiger partial charge in [0.1, 0.15) is 22.5 Å². The first kappa shape index (κ1) is 20.5. The lowest BCUT2D eigenvalue weighted by Gasteiger charge is -2.25. The van der Waals surface area contributed by atoms with Crippen LogP contribution in [0.25, 0.3) is 0 Å². The Kier molecular flexibility index (Phi) is 6.09. The van der Waals surface area contributed by atoms with Crippen LogP contribution in [0.2, 0.25) is 0 Å². The Morgan fingerprint density at radius 3 is 2.83 bits per heavy atom. The molecule has 1 atom stereocenters. The van der Waals surface area contributed by atoms with E-state index in [-0.39, 0.29) is 17.7 Å². The second kappa shape index (κ2) is 8.92. The number of nitrogens with zero attached hydrogens (tertiary/aromatic N) is 4. The number of thioether (sulfide) groups is 1. The molecule has 1 amide bonds. The second-order valence-electron chi connectivity index (χ2n) is 7.44. The van der Waals surface area contributed by atoms with Gasteiger partial charge in [-0.3, -0.25) is 4.79 Å². The molecule has 2 aromatic rings. The molecular weight excluding hydrogens is 400 g/mol. The molecular formula is C22H24N4O3S. The highest BCUT2D eigenvalue weighted by molar-refractivity contribution is 8.00. The third-order valence-electron chi connectivity index (χ3n) is 5.34. The standard InChI is InChI=1S/C22H24N4O3S/c1-14-17(12-23)22(25-15(2)24-14)30-13-21(27)26-8-3-5-18(26)16-6-7-19-20(11-16)29-10-4-9-28-19/h6-7,11,18H,3-5,8-10,13H2,1-2H3. The van der Waals surface area contributed by atoms with Crippen molar-refractivity contribution in [2.24, 2.45) is 0 Å². The number of rotatable bonds is 4. The molecule has 0 spiro atoms. The zero-order chi connectivity index (χ0) is 21.1. The molecule has 1 aromatic heterocycles. The van der Waals surface area contributed by atoms with E-state index in [2.05, 4.69) is 16.0 Å². The minimum absolute atomic E-state index is 0.0274. The number of fused-ring (bicyclic) bond motifs is 1. The highest BCUT2D eigenvalue weighted by Gasteiger charge is 2.31. The fourth-order valence-electron chi connectivity index (χ4n) is 3.93. The predicted octanol–water partition coefficient (Wildman–Crippen LogP) is 3.58. The quantitative estimate of drug-likeness (QED) is 0.547. The van der Waals surface area contributed by atoms with Crippen LogP contribution in [0.4, 0.5) is 0 Å². The van der Waals surface area contributed by atoms with Crippen molar-refractivity contribution in [2.75, 3.05) is 25.5 Å². The van der Waals surface area contributed by atoms with Gasteiger partial charge in [0.05, 0.1) is 30.7 Å². The number of amides is 1. The van der Waals surface area contributed by atoms with Crippen LogP contribution < -0.4 is 9.47 Å². The highest BCUT2D eigenvalue weighted by atomic mass is 32.2. The summed E-state index contributed by atoms with van der Waals surface area (Å²) in [4.78, 5) is 23.6. The topological polar surface area (TPSA) is 88.3 Å². The summed E-state index contributed by atoms with van der Waals surface area (Å²) in [5.41, 5.74) is 2.16. The maximum Gasteiger partial charge on any atom is 0.233 e. The highest BCUT2D eigenvalue weighted by Crippen LogP contribution is 2.38. The number of carbonyl (C=O) groups excluding carboxylic acids is 1. The van der Waals surface area contributed by atoms with E-state index in [1.807, 2.05) is 23.1 Å². The summed E-state index contributed by atoms with van der Waals surface area (Å²) in [7, 11) is 0. The molecule has 8 heteroatoms. The van der Waals surface area contributed by atoms with Crippen molar-refractivity contribution in [1.82, 2.24) is 14.9 Å². The lowest BCUT2D eigenvalue weighted by Crippen LogP contribution is -2.32. The molecule has 0 saturated carbocycles. The van der Waals surface area contributed by atoms with Crippen molar-refractivity contribution in [3.8, 4) is 17.6 Å². The number of hydrogen-bond acceptors (Lipinski definition) is 7. The zero-order valence-corrected chi connectivity index (χ0v) is 18.0. The Balaban J connectivity index is 1.48. The van der Waals surface area contributed by atoms with Gasteiger partial charge in [0.15, 0.2) is 11.5 Å². The lowest BCUT2D eigenvalue weighted by molar-refractivity contribution is -0.129. The molecule has 0 radical (unpaired) electrons. The van der Waals surface area contributed by atoms with Gasteiger partial charge in [0, 0.05) is 13.0 Å². The van der Waals surface area contributed by atoms with Crippen LogP contribution in [-0.4, -0.2) is 46.3 Å². The van der Waals surface area contributed by atoms with E-state index in [1.165, 1.54) is 11.8 Å². The van der Waals surface area contributed by atoms with E-state index in [0.29, 0.717) is 35.3 Å². The Morgan fingerprint density at radius 1 is 1.23 bits per heavy atom. The van der Waals surface area contributed by atoms with Crippen LogP contribution in [0.5, 0.6) is 11.5 Å². The fourth-order valence-corrected chi connectivity index (χ4v) is 4.89. The number of benzene rings is 1. The van der Waals surface area contributed by atoms with Gasteiger partial charge in [-0.15, -0.1) is 0 Å². The maximum absolute atomic E-state index is 13.0. The van der Waals surface area contributed by atoms with E-state index in [4.69, 9.17) is 9.47 Å². The summed E-state index contributed by atoms with van der Waals surface area (Å²) < 4.78 is 11.5. The molecule has 156 valence electrons. The van der Waals surface area contributed by atoms with Gasteiger partial charge in [-0.2, -0.15) is 5.26 Å². The first-order valence-corrected chi connectivity index (χ1v) is 11.1. The Labute approximate surface area is 180 Å². The van der Waals surface area contributed by atoms with Crippen molar-refractivity contribution in [3.63, 3.8) is 0 Å². The molecule has 1 fully saturated rings. The van der Waals surface area contributed by atoms with E-state index in [9.17, 15) is 10.1 Å². The number of aromatic nitrogens is 2. The molecule has 3 heterocycles. The van der Waals surface area contributed by atoms with E-state index < -0.39 is 0 Å². The summed E-state index contributed by atoms with van der Waals surface area (Å²) in [6.07, 6.45) is 2.75. The molecule has 2 aliphatic rings. The first-order valence-electron chi connectivity index (χ1n) is 10.1. The average molecular weight is 425 g/mol. The van der Waals surface area contributed by atoms with E-state index >= 15 is 0 Å². The monoisotopic (exact) mass is 424 g/mol. The van der Waals surface area contributed by atoms with Crippen molar-refractivity contribution in [2.45, 2.75) is 44.2 Å². The molecule has 1 saturated heterocycles. The number of nitriles is 1. The lowest BCUT2D eigenvalue weighted by atomic mass is 10.0. The summed E-state index contributed by atoms with van der Waals surface area (Å²) in [5, 5.41) is 9.99. The minimum Gasteiger partial charge on any atom is -0.490 e. The second-order valence-corrected chi connectivity index (χ2v) is 8.40. The molecule has 2 aliphatic heterocycles. The minimum atomic E-state index is 0.0274. The van der Waals surface area contributed by atoms with Gasteiger partial charge in [-0.1, -0.05) is 17.8 Å². The largest absolute Gasteiger partial charge is 0.490 e. The van der Waals surface area contributed by atoms with Gasteiger partial charge in [0.25, 0.3) is 0 Å². The van der Waals surface area contributed by atoms with Crippen LogP contribution in [0, 0.1) is 25.2 Å².